The van der Waals surface area contributed by atoms with E-state index in [4.69, 9.17) is 9.47 Å². The van der Waals surface area contributed by atoms with Crippen molar-refractivity contribution < 1.29 is 9.47 Å². The summed E-state index contributed by atoms with van der Waals surface area (Å²) in [7, 11) is 0. The number of rotatable bonds is 1. The fraction of sp³-hybridized carbons (Fsp3) is 0.750. The predicted octanol–water partition coefficient (Wildman–Crippen LogP) is 3.69. The van der Waals surface area contributed by atoms with Crippen LogP contribution >= 0.6 is 0 Å². The Bertz CT molecular complexity index is 363. The fourth-order valence-corrected chi connectivity index (χ4v) is 4.23. The maximum absolute atomic E-state index is 5.91. The Hall–Kier alpha value is -0.600. The number of fused-ring (bicyclic) bond motifs is 1. The van der Waals surface area contributed by atoms with Crippen LogP contribution in [0.3, 0.4) is 0 Å². The minimum atomic E-state index is -0.271. The highest BCUT2D eigenvalue weighted by atomic mass is 16.7. The third kappa shape index (κ3) is 1.96. The summed E-state index contributed by atoms with van der Waals surface area (Å²) in [5, 5.41) is 0. The van der Waals surface area contributed by atoms with Gasteiger partial charge in [-0.25, -0.2) is 0 Å². The van der Waals surface area contributed by atoms with Gasteiger partial charge in [0, 0.05) is 12.8 Å². The van der Waals surface area contributed by atoms with Gasteiger partial charge in [0.25, 0.3) is 0 Å². The van der Waals surface area contributed by atoms with Crippen LogP contribution < -0.4 is 0 Å². The van der Waals surface area contributed by atoms with Gasteiger partial charge < -0.3 is 9.47 Å². The molecule has 3 aliphatic rings. The molecule has 1 heterocycles. The summed E-state index contributed by atoms with van der Waals surface area (Å²) in [6, 6.07) is 0. The molecule has 1 saturated heterocycles. The molecule has 0 radical (unpaired) electrons. The van der Waals surface area contributed by atoms with Gasteiger partial charge in [0.1, 0.15) is 0 Å². The lowest BCUT2D eigenvalue weighted by molar-refractivity contribution is -0.198. The zero-order valence-electron chi connectivity index (χ0n) is 11.4. The highest BCUT2D eigenvalue weighted by Gasteiger charge is 2.49. The average Bonchev–Trinajstić information content (AvgIpc) is 2.77. The van der Waals surface area contributed by atoms with Crippen molar-refractivity contribution >= 4 is 0 Å². The molecule has 2 nitrogen and oxygen atoms in total. The van der Waals surface area contributed by atoms with E-state index in [1.54, 1.807) is 0 Å². The molecule has 0 bridgehead atoms. The molecule has 3 fully saturated rings. The molecule has 18 heavy (non-hydrogen) atoms. The molecule has 0 aromatic heterocycles. The molecule has 0 aromatic carbocycles. The van der Waals surface area contributed by atoms with E-state index < -0.39 is 0 Å². The average molecular weight is 248 g/mol. The van der Waals surface area contributed by atoms with Crippen LogP contribution in [-0.4, -0.2) is 19.0 Å². The SMILES string of the molecule is C=C(C)[C@@H]1CCC(=C)[C@@H]2CCC3(C[C@@H]12)OCCO3. The highest BCUT2D eigenvalue weighted by molar-refractivity contribution is 5.16. The smallest absolute Gasteiger partial charge is 0.168 e. The monoisotopic (exact) mass is 248 g/mol. The summed E-state index contributed by atoms with van der Waals surface area (Å²) >= 11 is 0. The molecule has 3 rings (SSSR count). The molecule has 2 aliphatic carbocycles. The van der Waals surface area contributed by atoms with Gasteiger partial charge in [0.15, 0.2) is 5.79 Å². The van der Waals surface area contributed by atoms with E-state index in [2.05, 4.69) is 20.1 Å². The maximum Gasteiger partial charge on any atom is 0.168 e. The molecule has 2 heteroatoms. The lowest BCUT2D eigenvalue weighted by atomic mass is 9.61. The maximum atomic E-state index is 5.91. The summed E-state index contributed by atoms with van der Waals surface area (Å²) in [5.41, 5.74) is 2.78. The minimum absolute atomic E-state index is 0.271. The summed E-state index contributed by atoms with van der Waals surface area (Å²) in [6.07, 6.45) is 5.64. The van der Waals surface area contributed by atoms with E-state index in [9.17, 15) is 0 Å². The second-order valence-corrected chi connectivity index (χ2v) is 6.27. The van der Waals surface area contributed by atoms with Gasteiger partial charge in [-0.15, -0.1) is 0 Å². The second kappa shape index (κ2) is 4.50. The second-order valence-electron chi connectivity index (χ2n) is 6.27. The normalized spacial score (nSPS) is 38.7. The summed E-state index contributed by atoms with van der Waals surface area (Å²) in [6.45, 7) is 12.2. The summed E-state index contributed by atoms with van der Waals surface area (Å²) in [4.78, 5) is 0. The Kier molecular flexibility index (Phi) is 3.11. The number of allylic oxidation sites excluding steroid dienone is 2. The first-order valence-corrected chi connectivity index (χ1v) is 7.22. The van der Waals surface area contributed by atoms with Gasteiger partial charge in [-0.3, -0.25) is 0 Å². The van der Waals surface area contributed by atoms with Crippen molar-refractivity contribution in [3.05, 3.63) is 24.3 Å². The highest BCUT2D eigenvalue weighted by Crippen LogP contribution is 2.52. The van der Waals surface area contributed by atoms with E-state index in [-0.39, 0.29) is 5.79 Å². The quantitative estimate of drug-likeness (QED) is 0.659. The van der Waals surface area contributed by atoms with Crippen molar-refractivity contribution in [1.82, 2.24) is 0 Å². The van der Waals surface area contributed by atoms with Crippen LogP contribution in [0.2, 0.25) is 0 Å². The van der Waals surface area contributed by atoms with Crippen LogP contribution in [0.15, 0.2) is 24.3 Å². The topological polar surface area (TPSA) is 18.5 Å². The van der Waals surface area contributed by atoms with E-state index >= 15 is 0 Å². The summed E-state index contributed by atoms with van der Waals surface area (Å²) in [5.74, 6) is 1.66. The third-order valence-corrected chi connectivity index (χ3v) is 5.16. The largest absolute Gasteiger partial charge is 0.348 e. The molecule has 1 aliphatic heterocycles. The van der Waals surface area contributed by atoms with Crippen LogP contribution in [0, 0.1) is 17.8 Å². The van der Waals surface area contributed by atoms with Crippen LogP contribution in [0.1, 0.15) is 39.0 Å². The number of hydrogen-bond donors (Lipinski definition) is 0. The Morgan fingerprint density at radius 2 is 2.00 bits per heavy atom. The zero-order chi connectivity index (χ0) is 12.8. The first kappa shape index (κ1) is 12.4. The van der Waals surface area contributed by atoms with E-state index in [1.165, 1.54) is 30.4 Å². The molecule has 3 atom stereocenters. The van der Waals surface area contributed by atoms with Crippen molar-refractivity contribution in [2.45, 2.75) is 44.8 Å². The van der Waals surface area contributed by atoms with Crippen molar-refractivity contribution in [1.29, 1.82) is 0 Å². The van der Waals surface area contributed by atoms with Gasteiger partial charge in [0.2, 0.25) is 0 Å². The fourth-order valence-electron chi connectivity index (χ4n) is 4.23. The third-order valence-electron chi connectivity index (χ3n) is 5.16. The molecule has 2 saturated carbocycles. The first-order valence-electron chi connectivity index (χ1n) is 7.22. The number of ether oxygens (including phenoxy) is 2. The molecular formula is C16H24O2. The van der Waals surface area contributed by atoms with Crippen LogP contribution in [-0.2, 0) is 9.47 Å². The first-order chi connectivity index (χ1) is 8.61. The van der Waals surface area contributed by atoms with Crippen molar-refractivity contribution in [2.24, 2.45) is 17.8 Å². The van der Waals surface area contributed by atoms with E-state index in [0.29, 0.717) is 17.8 Å². The summed E-state index contributed by atoms with van der Waals surface area (Å²) < 4.78 is 11.8. The Balaban J connectivity index is 1.83. The standard InChI is InChI=1S/C16H24O2/c1-11(2)13-5-4-12(3)14-6-7-16(10-15(13)14)17-8-9-18-16/h13-15H,1,3-10H2,2H3/t13-,14-,15-/m0/s1. The molecule has 0 aromatic rings. The van der Waals surface area contributed by atoms with Crippen LogP contribution in [0.4, 0.5) is 0 Å². The van der Waals surface area contributed by atoms with E-state index in [0.717, 1.165) is 26.1 Å². The Labute approximate surface area is 110 Å². The Morgan fingerprint density at radius 1 is 1.28 bits per heavy atom. The van der Waals surface area contributed by atoms with E-state index in [1.807, 2.05) is 0 Å². The molecule has 0 unspecified atom stereocenters. The van der Waals surface area contributed by atoms with Gasteiger partial charge in [-0.05, 0) is 43.9 Å². The van der Waals surface area contributed by atoms with Gasteiger partial charge in [-0.2, -0.15) is 0 Å². The van der Waals surface area contributed by atoms with Gasteiger partial charge in [-0.1, -0.05) is 24.3 Å². The minimum Gasteiger partial charge on any atom is -0.348 e. The Morgan fingerprint density at radius 3 is 2.67 bits per heavy atom. The molecule has 0 amide bonds. The van der Waals surface area contributed by atoms with Gasteiger partial charge >= 0.3 is 0 Å². The molecule has 100 valence electrons. The zero-order valence-corrected chi connectivity index (χ0v) is 11.4. The molecular weight excluding hydrogens is 224 g/mol. The molecule has 1 spiro atoms. The molecule has 0 N–H and O–H groups in total. The van der Waals surface area contributed by atoms with Crippen LogP contribution in [0.25, 0.3) is 0 Å². The predicted molar refractivity (Wildman–Crippen MR) is 72.1 cm³/mol. The van der Waals surface area contributed by atoms with Crippen LogP contribution in [0.5, 0.6) is 0 Å². The van der Waals surface area contributed by atoms with Crippen molar-refractivity contribution in [2.75, 3.05) is 13.2 Å². The van der Waals surface area contributed by atoms with Crippen molar-refractivity contribution in [3.63, 3.8) is 0 Å². The lowest BCUT2D eigenvalue weighted by Crippen LogP contribution is -2.45. The van der Waals surface area contributed by atoms with Gasteiger partial charge in [0.05, 0.1) is 13.2 Å². The lowest BCUT2D eigenvalue weighted by Gasteiger charge is -2.48. The number of hydrogen-bond acceptors (Lipinski definition) is 2. The van der Waals surface area contributed by atoms with Crippen molar-refractivity contribution in [3.8, 4) is 0 Å².